The summed E-state index contributed by atoms with van der Waals surface area (Å²) >= 11 is 0. The predicted octanol–water partition coefficient (Wildman–Crippen LogP) is 2.27. The number of ether oxygens (including phenoxy) is 1. The van der Waals surface area contributed by atoms with Gasteiger partial charge in [0, 0.05) is 12.3 Å². The van der Waals surface area contributed by atoms with Gasteiger partial charge in [0.2, 0.25) is 5.88 Å². The van der Waals surface area contributed by atoms with E-state index in [1.807, 2.05) is 18.2 Å². The van der Waals surface area contributed by atoms with E-state index in [0.29, 0.717) is 18.7 Å². The summed E-state index contributed by atoms with van der Waals surface area (Å²) in [5.41, 5.74) is -0.799. The summed E-state index contributed by atoms with van der Waals surface area (Å²) in [5, 5.41) is 9.33. The van der Waals surface area contributed by atoms with Gasteiger partial charge in [-0.3, -0.25) is 4.79 Å². The van der Waals surface area contributed by atoms with Crippen LogP contribution < -0.4 is 4.74 Å². The Bertz CT molecular complexity index is 416. The highest BCUT2D eigenvalue weighted by molar-refractivity contribution is 5.75. The van der Waals surface area contributed by atoms with E-state index in [1.54, 1.807) is 18.3 Å². The van der Waals surface area contributed by atoms with Gasteiger partial charge >= 0.3 is 5.97 Å². The van der Waals surface area contributed by atoms with Gasteiger partial charge in [-0.15, -0.1) is 0 Å². The van der Waals surface area contributed by atoms with E-state index in [1.165, 1.54) is 0 Å². The molecule has 0 radical (unpaired) electrons. The number of carboxylic acids is 1. The Labute approximate surface area is 99.9 Å². The maximum Gasteiger partial charge on any atom is 0.313 e. The number of allylic oxidation sites excluding steroid dienone is 2. The molecule has 0 aliphatic heterocycles. The lowest BCUT2D eigenvalue weighted by molar-refractivity contribution is -0.151. The third-order valence-corrected chi connectivity index (χ3v) is 3.05. The zero-order valence-electron chi connectivity index (χ0n) is 9.50. The highest BCUT2D eigenvalue weighted by Gasteiger charge is 2.39. The third kappa shape index (κ3) is 2.64. The molecular formula is C13H15NO3. The Morgan fingerprint density at radius 2 is 2.35 bits per heavy atom. The second-order valence-corrected chi connectivity index (χ2v) is 4.26. The molecule has 0 saturated heterocycles. The third-order valence-electron chi connectivity index (χ3n) is 3.05. The van der Waals surface area contributed by atoms with Gasteiger partial charge < -0.3 is 9.84 Å². The molecule has 1 aromatic heterocycles. The summed E-state index contributed by atoms with van der Waals surface area (Å²) in [4.78, 5) is 15.4. The molecule has 1 aliphatic rings. The smallest absolute Gasteiger partial charge is 0.313 e. The average Bonchev–Trinajstić information content (AvgIpc) is 2.38. The van der Waals surface area contributed by atoms with Gasteiger partial charge in [-0.2, -0.15) is 0 Å². The molecule has 4 nitrogen and oxygen atoms in total. The number of pyridine rings is 1. The van der Waals surface area contributed by atoms with Crippen molar-refractivity contribution >= 4 is 5.97 Å². The number of aromatic nitrogens is 1. The molecule has 1 N–H and O–H groups in total. The Balaban J connectivity index is 2.04. The van der Waals surface area contributed by atoms with E-state index in [4.69, 9.17) is 4.74 Å². The molecule has 0 aromatic carbocycles. The maximum absolute atomic E-state index is 11.4. The first-order chi connectivity index (χ1) is 8.23. The van der Waals surface area contributed by atoms with Gasteiger partial charge in [0.15, 0.2) is 0 Å². The Morgan fingerprint density at radius 1 is 1.47 bits per heavy atom. The summed E-state index contributed by atoms with van der Waals surface area (Å²) in [6, 6.07) is 5.34. The van der Waals surface area contributed by atoms with E-state index in [9.17, 15) is 9.90 Å². The molecule has 2 rings (SSSR count). The molecule has 17 heavy (non-hydrogen) atoms. The Morgan fingerprint density at radius 3 is 2.94 bits per heavy atom. The van der Waals surface area contributed by atoms with Gasteiger partial charge in [0.25, 0.3) is 0 Å². The molecule has 1 aliphatic carbocycles. The molecule has 0 fully saturated rings. The molecule has 0 saturated carbocycles. The number of carboxylic acid groups (broad SMARTS) is 1. The minimum absolute atomic E-state index is 0.170. The molecule has 1 heterocycles. The van der Waals surface area contributed by atoms with Crippen LogP contribution in [0.3, 0.4) is 0 Å². The van der Waals surface area contributed by atoms with Crippen LogP contribution in [0.4, 0.5) is 0 Å². The molecule has 1 atom stereocenters. The van der Waals surface area contributed by atoms with Crippen LogP contribution in [0, 0.1) is 5.41 Å². The molecule has 0 amide bonds. The lowest BCUT2D eigenvalue weighted by Crippen LogP contribution is -2.38. The number of hydrogen-bond acceptors (Lipinski definition) is 3. The van der Waals surface area contributed by atoms with Crippen molar-refractivity contribution in [1.29, 1.82) is 0 Å². The second kappa shape index (κ2) is 4.99. The van der Waals surface area contributed by atoms with E-state index in [0.717, 1.165) is 6.42 Å². The fourth-order valence-electron chi connectivity index (χ4n) is 1.92. The van der Waals surface area contributed by atoms with Crippen molar-refractivity contribution in [2.24, 2.45) is 5.41 Å². The molecular weight excluding hydrogens is 218 g/mol. The maximum atomic E-state index is 11.4. The molecule has 90 valence electrons. The average molecular weight is 233 g/mol. The van der Waals surface area contributed by atoms with Crippen molar-refractivity contribution in [2.45, 2.75) is 19.3 Å². The summed E-state index contributed by atoms with van der Waals surface area (Å²) in [6.45, 7) is 0.170. The molecule has 1 unspecified atom stereocenters. The number of carbonyl (C=O) groups is 1. The first kappa shape index (κ1) is 11.6. The normalized spacial score (nSPS) is 23.3. The van der Waals surface area contributed by atoms with Crippen LogP contribution in [0.1, 0.15) is 19.3 Å². The van der Waals surface area contributed by atoms with Crippen LogP contribution in [-0.2, 0) is 4.79 Å². The van der Waals surface area contributed by atoms with E-state index in [-0.39, 0.29) is 6.61 Å². The largest absolute Gasteiger partial charge is 0.481 e. The predicted molar refractivity (Wildman–Crippen MR) is 62.8 cm³/mol. The van der Waals surface area contributed by atoms with Crippen molar-refractivity contribution < 1.29 is 14.6 Å². The number of aliphatic carboxylic acids is 1. The van der Waals surface area contributed by atoms with Crippen LogP contribution in [0.15, 0.2) is 36.5 Å². The van der Waals surface area contributed by atoms with E-state index < -0.39 is 11.4 Å². The SMILES string of the molecule is O=C(O)C1(COc2ccccn2)CC=CCC1. The van der Waals surface area contributed by atoms with Crippen LogP contribution >= 0.6 is 0 Å². The van der Waals surface area contributed by atoms with E-state index in [2.05, 4.69) is 4.98 Å². The van der Waals surface area contributed by atoms with Crippen LogP contribution in [0.25, 0.3) is 0 Å². The summed E-state index contributed by atoms with van der Waals surface area (Å²) in [6.07, 6.45) is 7.49. The fraction of sp³-hybridized carbons (Fsp3) is 0.385. The molecule has 4 heteroatoms. The highest BCUT2D eigenvalue weighted by atomic mass is 16.5. The zero-order valence-corrected chi connectivity index (χ0v) is 9.50. The van der Waals surface area contributed by atoms with Gasteiger partial charge in [0.1, 0.15) is 12.0 Å². The lowest BCUT2D eigenvalue weighted by Gasteiger charge is -2.29. The van der Waals surface area contributed by atoms with Crippen molar-refractivity contribution in [3.05, 3.63) is 36.5 Å². The fourth-order valence-corrected chi connectivity index (χ4v) is 1.92. The lowest BCUT2D eigenvalue weighted by atomic mass is 9.78. The zero-order chi connectivity index (χ0) is 12.1. The minimum Gasteiger partial charge on any atom is -0.481 e. The van der Waals surface area contributed by atoms with Gasteiger partial charge in [-0.1, -0.05) is 18.2 Å². The number of hydrogen-bond donors (Lipinski definition) is 1. The summed E-state index contributed by atoms with van der Waals surface area (Å²) in [5.74, 6) is -0.319. The molecule has 0 bridgehead atoms. The standard InChI is InChI=1S/C13H15NO3/c15-12(16)13(7-3-1-4-8-13)10-17-11-6-2-5-9-14-11/h1-3,5-6,9H,4,7-8,10H2,(H,15,16). The van der Waals surface area contributed by atoms with Crippen molar-refractivity contribution in [1.82, 2.24) is 4.98 Å². The Hall–Kier alpha value is -1.84. The van der Waals surface area contributed by atoms with Crippen LogP contribution in [-0.4, -0.2) is 22.7 Å². The number of nitrogens with zero attached hydrogens (tertiary/aromatic N) is 1. The van der Waals surface area contributed by atoms with Crippen molar-refractivity contribution in [2.75, 3.05) is 6.61 Å². The van der Waals surface area contributed by atoms with Gasteiger partial charge in [0.05, 0.1) is 0 Å². The second-order valence-electron chi connectivity index (χ2n) is 4.26. The quantitative estimate of drug-likeness (QED) is 0.810. The number of rotatable bonds is 4. The molecule has 1 aromatic rings. The summed E-state index contributed by atoms with van der Waals surface area (Å²) < 4.78 is 5.48. The van der Waals surface area contributed by atoms with Crippen molar-refractivity contribution in [3.8, 4) is 5.88 Å². The first-order valence-electron chi connectivity index (χ1n) is 5.65. The monoisotopic (exact) mass is 233 g/mol. The Kier molecular flexibility index (Phi) is 3.42. The van der Waals surface area contributed by atoms with Gasteiger partial charge in [-0.05, 0) is 25.3 Å². The molecule has 0 spiro atoms. The van der Waals surface area contributed by atoms with Crippen LogP contribution in [0.5, 0.6) is 5.88 Å². The first-order valence-corrected chi connectivity index (χ1v) is 5.65. The highest BCUT2D eigenvalue weighted by Crippen LogP contribution is 2.33. The van der Waals surface area contributed by atoms with Crippen molar-refractivity contribution in [3.63, 3.8) is 0 Å². The van der Waals surface area contributed by atoms with Gasteiger partial charge in [-0.25, -0.2) is 4.98 Å². The topological polar surface area (TPSA) is 59.4 Å². The minimum atomic E-state index is -0.799. The summed E-state index contributed by atoms with van der Waals surface area (Å²) in [7, 11) is 0. The van der Waals surface area contributed by atoms with Crippen LogP contribution in [0.2, 0.25) is 0 Å². The van der Waals surface area contributed by atoms with E-state index >= 15 is 0 Å².